The molecular weight excluding hydrogens is 380 g/mol. The number of hydrogen-bond donors (Lipinski definition) is 1. The van der Waals surface area contributed by atoms with Crippen LogP contribution in [0.1, 0.15) is 81.0 Å². The van der Waals surface area contributed by atoms with Crippen LogP contribution in [-0.4, -0.2) is 41.8 Å². The molecule has 0 aromatic rings. The van der Waals surface area contributed by atoms with Crippen LogP contribution in [0.4, 0.5) is 0 Å². The van der Waals surface area contributed by atoms with Crippen LogP contribution >= 0.6 is 0 Å². The maximum atomic E-state index is 11.8. The first kappa shape index (κ1) is 23.5. The number of rotatable bonds is 2. The van der Waals surface area contributed by atoms with E-state index in [9.17, 15) is 4.79 Å². The lowest BCUT2D eigenvalue weighted by molar-refractivity contribution is -0.155. The van der Waals surface area contributed by atoms with E-state index < -0.39 is 5.79 Å². The SMILES string of the molecule is C=C1CCC[C@]2(C)[C@@H]1CC[C@@]1(C)O[C@](C)(C3=CCOC(=O)C3)C[C@@H]21.COC(C)(C)O.[HH]. The Morgan fingerprint density at radius 3 is 2.57 bits per heavy atom. The third kappa shape index (κ3) is 4.39. The van der Waals surface area contributed by atoms with Gasteiger partial charge in [0.2, 0.25) is 0 Å². The van der Waals surface area contributed by atoms with Crippen molar-refractivity contribution in [3.8, 4) is 0 Å². The minimum absolute atomic E-state index is 0. The molecule has 1 N–H and O–H groups in total. The second-order valence-corrected chi connectivity index (χ2v) is 10.8. The molecule has 1 saturated heterocycles. The Morgan fingerprint density at radius 1 is 1.30 bits per heavy atom. The van der Waals surface area contributed by atoms with E-state index in [1.165, 1.54) is 38.4 Å². The van der Waals surface area contributed by atoms with Gasteiger partial charge < -0.3 is 19.3 Å². The van der Waals surface area contributed by atoms with Crippen LogP contribution in [0.25, 0.3) is 0 Å². The molecule has 5 nitrogen and oxygen atoms in total. The number of carbonyl (C=O) groups is 1. The topological polar surface area (TPSA) is 65.0 Å². The molecule has 0 amide bonds. The van der Waals surface area contributed by atoms with Gasteiger partial charge in [0.1, 0.15) is 6.61 Å². The smallest absolute Gasteiger partial charge is 0.310 e. The van der Waals surface area contributed by atoms with Gasteiger partial charge in [-0.2, -0.15) is 0 Å². The zero-order chi connectivity index (χ0) is 22.4. The van der Waals surface area contributed by atoms with Crippen molar-refractivity contribution < 1.29 is 25.5 Å². The first-order chi connectivity index (χ1) is 13.8. The molecule has 172 valence electrons. The highest BCUT2D eigenvalue weighted by molar-refractivity contribution is 5.74. The Hall–Kier alpha value is -1.17. The summed E-state index contributed by atoms with van der Waals surface area (Å²) in [6.45, 7) is 14.9. The molecular formula is C25H42O5. The summed E-state index contributed by atoms with van der Waals surface area (Å²) in [5.41, 5.74) is 2.47. The fourth-order valence-corrected chi connectivity index (χ4v) is 6.40. The average Bonchev–Trinajstić information content (AvgIpc) is 2.95. The van der Waals surface area contributed by atoms with E-state index in [1.807, 2.05) is 0 Å². The van der Waals surface area contributed by atoms with Crippen molar-refractivity contribution in [2.24, 2.45) is 17.3 Å². The molecule has 4 aliphatic rings. The molecule has 0 spiro atoms. The Bertz CT molecular complexity index is 726. The summed E-state index contributed by atoms with van der Waals surface area (Å²) in [5.74, 6) is 0.0951. The molecule has 2 aliphatic heterocycles. The Morgan fingerprint density at radius 2 is 1.97 bits per heavy atom. The number of carbonyl (C=O) groups excluding carboxylic acids is 1. The number of methoxy groups -OCH3 is 1. The summed E-state index contributed by atoms with van der Waals surface area (Å²) >= 11 is 0. The second-order valence-electron chi connectivity index (χ2n) is 10.8. The third-order valence-electron chi connectivity index (χ3n) is 8.10. The Kier molecular flexibility index (Phi) is 6.32. The molecule has 2 aliphatic carbocycles. The standard InChI is InChI=1S/C21H30O3.C4H10O2.H2/c1-14-6-5-9-19(2)16(14)7-10-20(3)17(19)13-21(4,24-20)15-8-11-23-18(22)12-15;1-4(2,5)6-3;/h8,16-17H,1,5-7,9-13H2,2-4H3;5H,1-3H3;1H/t16-,17+,19-,20-,21+;;/m1../s1. The summed E-state index contributed by atoms with van der Waals surface area (Å²) in [4.78, 5) is 11.8. The molecule has 4 rings (SSSR count). The van der Waals surface area contributed by atoms with E-state index in [0.717, 1.165) is 18.4 Å². The van der Waals surface area contributed by atoms with Crippen molar-refractivity contribution in [3.05, 3.63) is 23.8 Å². The molecule has 5 atom stereocenters. The lowest BCUT2D eigenvalue weighted by Crippen LogP contribution is -2.52. The summed E-state index contributed by atoms with van der Waals surface area (Å²) in [6, 6.07) is 0. The number of hydrogen-bond acceptors (Lipinski definition) is 5. The lowest BCUT2D eigenvalue weighted by atomic mass is 9.50. The minimum atomic E-state index is -0.958. The predicted octanol–water partition coefficient (Wildman–Crippen LogP) is 5.18. The molecule has 2 saturated carbocycles. The van der Waals surface area contributed by atoms with Gasteiger partial charge in [0.25, 0.3) is 0 Å². The van der Waals surface area contributed by atoms with Crippen LogP contribution in [-0.2, 0) is 19.0 Å². The van der Waals surface area contributed by atoms with Gasteiger partial charge in [-0.15, -0.1) is 0 Å². The van der Waals surface area contributed by atoms with Gasteiger partial charge in [-0.1, -0.05) is 19.1 Å². The highest BCUT2D eigenvalue weighted by Gasteiger charge is 2.63. The van der Waals surface area contributed by atoms with Crippen LogP contribution in [0, 0.1) is 17.3 Å². The average molecular weight is 423 g/mol. The number of cyclic esters (lactones) is 1. The van der Waals surface area contributed by atoms with Crippen LogP contribution in [0.15, 0.2) is 23.8 Å². The van der Waals surface area contributed by atoms with Crippen molar-refractivity contribution in [3.63, 3.8) is 0 Å². The van der Waals surface area contributed by atoms with Crippen molar-refractivity contribution in [2.75, 3.05) is 13.7 Å². The molecule has 0 radical (unpaired) electrons. The molecule has 30 heavy (non-hydrogen) atoms. The van der Waals surface area contributed by atoms with Gasteiger partial charge >= 0.3 is 5.97 Å². The number of aliphatic hydroxyl groups is 1. The normalized spacial score (nSPS) is 41.1. The maximum absolute atomic E-state index is 11.8. The second kappa shape index (κ2) is 8.07. The fourth-order valence-electron chi connectivity index (χ4n) is 6.40. The van der Waals surface area contributed by atoms with Crippen molar-refractivity contribution in [1.29, 1.82) is 0 Å². The summed E-state index contributed by atoms with van der Waals surface area (Å²) in [5, 5.41) is 8.60. The molecule has 0 bridgehead atoms. The monoisotopic (exact) mass is 422 g/mol. The van der Waals surface area contributed by atoms with Gasteiger partial charge in [-0.25, -0.2) is 0 Å². The van der Waals surface area contributed by atoms with E-state index in [0.29, 0.717) is 24.9 Å². The van der Waals surface area contributed by atoms with Crippen LogP contribution in [0.2, 0.25) is 0 Å². The van der Waals surface area contributed by atoms with Crippen molar-refractivity contribution in [2.45, 2.75) is 96.6 Å². The number of allylic oxidation sites excluding steroid dienone is 1. The third-order valence-corrected chi connectivity index (χ3v) is 8.10. The van der Waals surface area contributed by atoms with Crippen LogP contribution in [0.3, 0.4) is 0 Å². The molecule has 0 unspecified atom stereocenters. The zero-order valence-corrected chi connectivity index (χ0v) is 19.7. The molecule has 0 aromatic heterocycles. The largest absolute Gasteiger partial charge is 0.461 e. The van der Waals surface area contributed by atoms with Crippen LogP contribution in [0.5, 0.6) is 0 Å². The molecule has 2 heterocycles. The summed E-state index contributed by atoms with van der Waals surface area (Å²) < 4.78 is 16.4. The highest BCUT2D eigenvalue weighted by Crippen LogP contribution is 2.65. The van der Waals surface area contributed by atoms with Crippen molar-refractivity contribution >= 4 is 5.97 Å². The van der Waals surface area contributed by atoms with E-state index in [4.69, 9.17) is 14.6 Å². The van der Waals surface area contributed by atoms with Gasteiger partial charge in [0, 0.05) is 8.54 Å². The maximum Gasteiger partial charge on any atom is 0.310 e. The summed E-state index contributed by atoms with van der Waals surface area (Å²) in [6.07, 6.45) is 9.49. The van der Waals surface area contributed by atoms with Gasteiger partial charge in [0.15, 0.2) is 5.79 Å². The predicted molar refractivity (Wildman–Crippen MR) is 119 cm³/mol. The van der Waals surface area contributed by atoms with Gasteiger partial charge in [-0.05, 0) is 95.1 Å². The lowest BCUT2D eigenvalue weighted by Gasteiger charge is -2.55. The fraction of sp³-hybridized carbons (Fsp3) is 0.800. The van der Waals surface area contributed by atoms with Crippen molar-refractivity contribution in [1.82, 2.24) is 0 Å². The van der Waals surface area contributed by atoms with E-state index in [-0.39, 0.29) is 24.0 Å². The van der Waals surface area contributed by atoms with E-state index >= 15 is 0 Å². The van der Waals surface area contributed by atoms with Gasteiger partial charge in [-0.3, -0.25) is 4.79 Å². The molecule has 3 fully saturated rings. The number of esters is 1. The van der Waals surface area contributed by atoms with E-state index in [1.54, 1.807) is 13.8 Å². The van der Waals surface area contributed by atoms with Crippen LogP contribution < -0.4 is 0 Å². The minimum Gasteiger partial charge on any atom is -0.461 e. The first-order valence-corrected chi connectivity index (χ1v) is 11.3. The first-order valence-electron chi connectivity index (χ1n) is 11.3. The quantitative estimate of drug-likeness (QED) is 0.377. The highest BCUT2D eigenvalue weighted by atomic mass is 16.6. The zero-order valence-electron chi connectivity index (χ0n) is 19.7. The molecule has 5 heteroatoms. The molecule has 0 aromatic carbocycles. The number of ether oxygens (including phenoxy) is 3. The number of fused-ring (bicyclic) bond motifs is 3. The Balaban J connectivity index is 0.000000433. The van der Waals surface area contributed by atoms with E-state index in [2.05, 4.69) is 38.2 Å². The van der Waals surface area contributed by atoms with Gasteiger partial charge in [0.05, 0.1) is 17.6 Å². The Labute approximate surface area is 183 Å². The summed E-state index contributed by atoms with van der Waals surface area (Å²) in [7, 11) is 1.46.